The monoisotopic (exact) mass is 324 g/mol. The molecule has 1 fully saturated rings. The standard InChI is InChI=1S/C15H14Cl2N2O2/c16-10-4-5-14(12(17)7-10)21-8-15(20)19-18-13-6-9-2-1-3-11(9)13/h1-2,4-5,7,9,11H,3,6,8H2,(H,19,20)/b18-13+/t9-,11-/m1/s1. The van der Waals surface area contributed by atoms with E-state index in [1.165, 1.54) is 0 Å². The van der Waals surface area contributed by atoms with Crippen LogP contribution in [-0.2, 0) is 4.79 Å². The number of rotatable bonds is 4. The molecule has 1 aromatic carbocycles. The van der Waals surface area contributed by atoms with Crippen molar-refractivity contribution in [3.8, 4) is 5.75 Å². The third kappa shape index (κ3) is 3.22. The van der Waals surface area contributed by atoms with Crippen molar-refractivity contribution in [1.82, 2.24) is 5.43 Å². The SMILES string of the molecule is O=C(COc1ccc(Cl)cc1Cl)N/N=C1\C[C@H]2C=CC[C@@H]12. The van der Waals surface area contributed by atoms with Gasteiger partial charge in [0.15, 0.2) is 6.61 Å². The van der Waals surface area contributed by atoms with Gasteiger partial charge in [-0.2, -0.15) is 5.10 Å². The first kappa shape index (κ1) is 14.4. The molecule has 110 valence electrons. The molecule has 0 spiro atoms. The van der Waals surface area contributed by atoms with Crippen LogP contribution in [0.2, 0.25) is 10.0 Å². The predicted molar refractivity (Wildman–Crippen MR) is 82.9 cm³/mol. The van der Waals surface area contributed by atoms with Gasteiger partial charge in [0.05, 0.1) is 5.02 Å². The number of carbonyl (C=O) groups is 1. The highest BCUT2D eigenvalue weighted by molar-refractivity contribution is 6.35. The van der Waals surface area contributed by atoms with Crippen LogP contribution in [0.25, 0.3) is 0 Å². The average Bonchev–Trinajstić information content (AvgIpc) is 2.79. The number of nitrogens with zero attached hydrogens (tertiary/aromatic N) is 1. The van der Waals surface area contributed by atoms with Crippen molar-refractivity contribution in [1.29, 1.82) is 0 Å². The highest BCUT2D eigenvalue weighted by atomic mass is 35.5. The van der Waals surface area contributed by atoms with Crippen LogP contribution >= 0.6 is 23.2 Å². The first-order valence-electron chi connectivity index (χ1n) is 6.73. The van der Waals surface area contributed by atoms with Crippen LogP contribution in [0.3, 0.4) is 0 Å². The van der Waals surface area contributed by atoms with E-state index in [1.54, 1.807) is 18.2 Å². The molecule has 1 amide bonds. The molecule has 2 aliphatic carbocycles. The minimum atomic E-state index is -0.303. The van der Waals surface area contributed by atoms with Crippen LogP contribution in [0.1, 0.15) is 12.8 Å². The zero-order chi connectivity index (χ0) is 14.8. The Balaban J connectivity index is 1.47. The summed E-state index contributed by atoms with van der Waals surface area (Å²) in [4.78, 5) is 11.7. The molecule has 0 radical (unpaired) electrons. The molecule has 3 rings (SSSR count). The zero-order valence-electron chi connectivity index (χ0n) is 11.2. The minimum Gasteiger partial charge on any atom is -0.482 e. The van der Waals surface area contributed by atoms with Crippen LogP contribution in [0.4, 0.5) is 0 Å². The highest BCUT2D eigenvalue weighted by Gasteiger charge is 2.37. The molecule has 21 heavy (non-hydrogen) atoms. The summed E-state index contributed by atoms with van der Waals surface area (Å²) in [6, 6.07) is 4.85. The molecule has 0 heterocycles. The van der Waals surface area contributed by atoms with Gasteiger partial charge >= 0.3 is 0 Å². The Labute approximate surface area is 132 Å². The topological polar surface area (TPSA) is 50.7 Å². The first-order chi connectivity index (χ1) is 10.1. The number of fused-ring (bicyclic) bond motifs is 1. The normalized spacial score (nSPS) is 24.6. The number of nitrogens with one attached hydrogen (secondary N) is 1. The molecule has 0 unspecified atom stereocenters. The van der Waals surface area contributed by atoms with Gasteiger partial charge < -0.3 is 4.74 Å². The molecule has 0 aromatic heterocycles. The van der Waals surface area contributed by atoms with Gasteiger partial charge in [-0.3, -0.25) is 4.79 Å². The maximum absolute atomic E-state index is 11.7. The second-order valence-corrected chi connectivity index (χ2v) is 5.98. The lowest BCUT2D eigenvalue weighted by Gasteiger charge is -2.31. The van der Waals surface area contributed by atoms with Crippen LogP contribution in [0, 0.1) is 11.8 Å². The summed E-state index contributed by atoms with van der Waals surface area (Å²) in [5.74, 6) is 1.22. The minimum absolute atomic E-state index is 0.134. The van der Waals surface area contributed by atoms with Gasteiger partial charge in [0, 0.05) is 16.7 Å². The molecule has 4 nitrogen and oxygen atoms in total. The van der Waals surface area contributed by atoms with Gasteiger partial charge in [0.1, 0.15) is 5.75 Å². The smallest absolute Gasteiger partial charge is 0.277 e. The fraction of sp³-hybridized carbons (Fsp3) is 0.333. The first-order valence-corrected chi connectivity index (χ1v) is 7.49. The molecular formula is C15H14Cl2N2O2. The number of ether oxygens (including phenoxy) is 1. The molecule has 6 heteroatoms. The van der Waals surface area contributed by atoms with E-state index >= 15 is 0 Å². The van der Waals surface area contributed by atoms with Crippen molar-refractivity contribution in [3.05, 3.63) is 40.4 Å². The third-order valence-electron chi connectivity index (χ3n) is 3.74. The van der Waals surface area contributed by atoms with Crippen molar-refractivity contribution in [2.75, 3.05) is 6.61 Å². The lowest BCUT2D eigenvalue weighted by atomic mass is 9.74. The van der Waals surface area contributed by atoms with Crippen molar-refractivity contribution in [3.63, 3.8) is 0 Å². The van der Waals surface area contributed by atoms with E-state index in [9.17, 15) is 4.79 Å². The molecule has 2 aliphatic rings. The summed E-state index contributed by atoms with van der Waals surface area (Å²) in [5.41, 5.74) is 3.58. The zero-order valence-corrected chi connectivity index (χ0v) is 12.7. The van der Waals surface area contributed by atoms with E-state index in [0.717, 1.165) is 18.6 Å². The number of carbonyl (C=O) groups excluding carboxylic acids is 1. The molecular weight excluding hydrogens is 311 g/mol. The van der Waals surface area contributed by atoms with Gasteiger partial charge in [-0.05, 0) is 37.0 Å². The van der Waals surface area contributed by atoms with E-state index in [0.29, 0.717) is 27.6 Å². The number of hydrazone groups is 1. The molecule has 1 saturated carbocycles. The maximum Gasteiger partial charge on any atom is 0.277 e. The third-order valence-corrected chi connectivity index (χ3v) is 4.27. The molecule has 2 atom stereocenters. The Kier molecular flexibility index (Phi) is 4.17. The number of benzene rings is 1. The second-order valence-electron chi connectivity index (χ2n) is 5.14. The second kappa shape index (κ2) is 6.08. The maximum atomic E-state index is 11.7. The van der Waals surface area contributed by atoms with E-state index in [4.69, 9.17) is 27.9 Å². The Morgan fingerprint density at radius 1 is 1.43 bits per heavy atom. The number of hydrogen-bond acceptors (Lipinski definition) is 3. The van der Waals surface area contributed by atoms with Gasteiger partial charge in [-0.15, -0.1) is 0 Å². The lowest BCUT2D eigenvalue weighted by Crippen LogP contribution is -2.36. The molecule has 1 aromatic rings. The van der Waals surface area contributed by atoms with Gasteiger partial charge in [-0.25, -0.2) is 5.43 Å². The average molecular weight is 325 g/mol. The molecule has 0 aliphatic heterocycles. The van der Waals surface area contributed by atoms with Gasteiger partial charge in [-0.1, -0.05) is 35.4 Å². The van der Waals surface area contributed by atoms with Gasteiger partial charge in [0.2, 0.25) is 0 Å². The van der Waals surface area contributed by atoms with E-state index in [1.807, 2.05) is 0 Å². The number of amides is 1. The van der Waals surface area contributed by atoms with E-state index < -0.39 is 0 Å². The predicted octanol–water partition coefficient (Wildman–Crippen LogP) is 3.44. The van der Waals surface area contributed by atoms with E-state index in [2.05, 4.69) is 22.7 Å². The highest BCUT2D eigenvalue weighted by Crippen LogP contribution is 2.40. The van der Waals surface area contributed by atoms with Crippen LogP contribution in [0.15, 0.2) is 35.5 Å². The Hall–Kier alpha value is -1.52. The lowest BCUT2D eigenvalue weighted by molar-refractivity contribution is -0.123. The van der Waals surface area contributed by atoms with Crippen LogP contribution in [0.5, 0.6) is 5.75 Å². The quantitative estimate of drug-likeness (QED) is 0.681. The fourth-order valence-electron chi connectivity index (χ4n) is 2.57. The molecule has 0 bridgehead atoms. The number of halogens is 2. The van der Waals surface area contributed by atoms with Crippen molar-refractivity contribution >= 4 is 34.8 Å². The Morgan fingerprint density at radius 3 is 3.05 bits per heavy atom. The van der Waals surface area contributed by atoms with Crippen LogP contribution < -0.4 is 10.2 Å². The number of allylic oxidation sites excluding steroid dienone is 2. The Bertz CT molecular complexity index is 628. The fourth-order valence-corrected chi connectivity index (χ4v) is 3.03. The summed E-state index contributed by atoms with van der Waals surface area (Å²) in [5, 5.41) is 5.06. The Morgan fingerprint density at radius 2 is 2.29 bits per heavy atom. The van der Waals surface area contributed by atoms with Crippen molar-refractivity contribution in [2.24, 2.45) is 16.9 Å². The summed E-state index contributed by atoms with van der Waals surface area (Å²) in [6.45, 7) is -0.134. The molecule has 0 saturated heterocycles. The van der Waals surface area contributed by atoms with Gasteiger partial charge in [0.25, 0.3) is 5.91 Å². The summed E-state index contributed by atoms with van der Waals surface area (Å²) < 4.78 is 5.34. The summed E-state index contributed by atoms with van der Waals surface area (Å²) in [6.07, 6.45) is 6.35. The molecule has 1 N–H and O–H groups in total. The van der Waals surface area contributed by atoms with Crippen LogP contribution in [-0.4, -0.2) is 18.2 Å². The summed E-state index contributed by atoms with van der Waals surface area (Å²) in [7, 11) is 0. The largest absolute Gasteiger partial charge is 0.482 e. The van der Waals surface area contributed by atoms with Crippen molar-refractivity contribution < 1.29 is 9.53 Å². The number of hydrogen-bond donors (Lipinski definition) is 1. The summed E-state index contributed by atoms with van der Waals surface area (Å²) >= 11 is 11.7. The van der Waals surface area contributed by atoms with E-state index in [-0.39, 0.29) is 12.5 Å². The van der Waals surface area contributed by atoms with Crippen molar-refractivity contribution in [2.45, 2.75) is 12.8 Å².